The van der Waals surface area contributed by atoms with Gasteiger partial charge in [0.25, 0.3) is 0 Å². The summed E-state index contributed by atoms with van der Waals surface area (Å²) in [5.74, 6) is -3.03. The normalized spacial score (nSPS) is 12.0. The molecule has 0 saturated heterocycles. The van der Waals surface area contributed by atoms with Crippen LogP contribution in [0, 0.1) is 0 Å². The van der Waals surface area contributed by atoms with Crippen LogP contribution in [0.25, 0.3) is 0 Å². The zero-order valence-electron chi connectivity index (χ0n) is 5.25. The second-order valence-corrected chi connectivity index (χ2v) is 2.61. The van der Waals surface area contributed by atoms with Crippen molar-refractivity contribution in [3.05, 3.63) is 0 Å². The monoisotopic (exact) mass is 177 g/mol. The fourth-order valence-electron chi connectivity index (χ4n) is 0.308. The maximum absolute atomic E-state index is 10.5. The van der Waals surface area contributed by atoms with Gasteiger partial charge in [-0.15, -0.1) is 0 Å². The first-order valence-electron chi connectivity index (χ1n) is 2.45. The van der Waals surface area contributed by atoms with Gasteiger partial charge in [0.2, 0.25) is 0 Å². The van der Waals surface area contributed by atoms with E-state index in [-0.39, 0.29) is 0 Å². The number of Topliss-reactive ketones (excluding diaryl/α,β-unsaturated/α-hetero) is 2. The van der Waals surface area contributed by atoms with Gasteiger partial charge in [0, 0.05) is 0 Å². The third-order valence-corrected chi connectivity index (χ3v) is 1.92. The minimum absolute atomic E-state index is 0.424. The van der Waals surface area contributed by atoms with E-state index in [9.17, 15) is 14.4 Å². The van der Waals surface area contributed by atoms with E-state index < -0.39 is 21.8 Å². The van der Waals surface area contributed by atoms with E-state index in [1.807, 2.05) is 0 Å². The quantitative estimate of drug-likeness (QED) is 0.360. The van der Waals surface area contributed by atoms with Gasteiger partial charge in [-0.05, 0) is 0 Å². The third kappa shape index (κ3) is 2.41. The Morgan fingerprint density at radius 2 is 1.80 bits per heavy atom. The fraction of sp³-hybridized carbons (Fsp3) is 0.400. The molecule has 0 aliphatic heterocycles. The molecule has 0 aliphatic carbocycles. The molecule has 4 nitrogen and oxygen atoms in total. The van der Waals surface area contributed by atoms with Crippen LogP contribution in [0.15, 0.2) is 0 Å². The average Bonchev–Trinajstić information content (AvgIpc) is 1.84. The van der Waals surface area contributed by atoms with E-state index in [1.165, 1.54) is 27.4 Å². The van der Waals surface area contributed by atoms with E-state index in [2.05, 4.69) is 0 Å². The van der Waals surface area contributed by atoms with E-state index >= 15 is 0 Å². The molecule has 0 aromatic heterocycles. The summed E-state index contributed by atoms with van der Waals surface area (Å²) in [7, 11) is 0. The van der Waals surface area contributed by atoms with Gasteiger partial charge in [0.15, 0.2) is 0 Å². The van der Waals surface area contributed by atoms with Crippen molar-refractivity contribution < 1.29 is 39.9 Å². The molecule has 1 N–H and O–H groups in total. The molecule has 1 atom stereocenters. The topological polar surface area (TPSA) is 71.4 Å². The molecule has 0 aromatic carbocycles. The molecule has 0 aliphatic rings. The zero-order valence-corrected chi connectivity index (χ0v) is 6.81. The van der Waals surface area contributed by atoms with Crippen LogP contribution in [-0.4, -0.2) is 22.6 Å². The number of hydrogen-bond donors (Lipinski definition) is 1. The van der Waals surface area contributed by atoms with Gasteiger partial charge in [-0.3, -0.25) is 0 Å². The molecule has 10 heavy (non-hydrogen) atoms. The first-order valence-corrected chi connectivity index (χ1v) is 3.35. The molecule has 0 saturated carbocycles. The predicted octanol–water partition coefficient (Wildman–Crippen LogP) is -0.436. The maximum atomic E-state index is 10.5. The van der Waals surface area contributed by atoms with Gasteiger partial charge in [-0.2, -0.15) is 0 Å². The van der Waals surface area contributed by atoms with Gasteiger partial charge in [-0.25, -0.2) is 0 Å². The summed E-state index contributed by atoms with van der Waals surface area (Å²) in [6, 6.07) is 0. The Morgan fingerprint density at radius 1 is 1.40 bits per heavy atom. The molecule has 0 heterocycles. The van der Waals surface area contributed by atoms with Crippen molar-refractivity contribution in [2.24, 2.45) is 0 Å². The Bertz CT molecular complexity index is 186. The van der Waals surface area contributed by atoms with E-state index in [1.54, 1.807) is 0 Å². The number of carbonyl (C=O) groups excluding carboxylic acids is 2. The Morgan fingerprint density at radius 3 is 1.90 bits per heavy atom. The number of rotatable bonds is 3. The van der Waals surface area contributed by atoms with Crippen molar-refractivity contribution >= 4 is 17.5 Å². The van der Waals surface area contributed by atoms with Gasteiger partial charge in [-0.1, -0.05) is 0 Å². The van der Waals surface area contributed by atoms with Crippen molar-refractivity contribution in [2.45, 2.75) is 11.1 Å². The summed E-state index contributed by atoms with van der Waals surface area (Å²) < 4.78 is -1.02. The molecule has 53 valence electrons. The summed E-state index contributed by atoms with van der Waals surface area (Å²) in [5.41, 5.74) is 0. The molecule has 0 amide bonds. The minimum atomic E-state index is -1.55. The molecular formula is C5H5O4Ti. The fourth-order valence-corrected chi connectivity index (χ4v) is 0.501. The second kappa shape index (κ2) is 3.63. The van der Waals surface area contributed by atoms with E-state index in [0.29, 0.717) is 0 Å². The number of aliphatic carboxylic acids is 1. The van der Waals surface area contributed by atoms with Crippen molar-refractivity contribution in [2.75, 3.05) is 0 Å². The summed E-state index contributed by atoms with van der Waals surface area (Å²) >= 11 is 1.28. The summed E-state index contributed by atoms with van der Waals surface area (Å²) in [4.78, 5) is 30.8. The van der Waals surface area contributed by atoms with Crippen LogP contribution in [0.2, 0.25) is 4.22 Å². The Labute approximate surface area is 69.0 Å². The number of ketones is 2. The Hall–Kier alpha value is -0.476. The third-order valence-electron chi connectivity index (χ3n) is 0.880. The van der Waals surface area contributed by atoms with E-state index in [0.717, 1.165) is 0 Å². The van der Waals surface area contributed by atoms with Gasteiger partial charge in [0.1, 0.15) is 0 Å². The van der Waals surface area contributed by atoms with Crippen LogP contribution in [-0.2, 0) is 34.8 Å². The van der Waals surface area contributed by atoms with Crippen LogP contribution in [0.4, 0.5) is 0 Å². The molecule has 5 heteroatoms. The SMILES string of the molecule is CC(=O)[CH]([Ti])C(=O)C(=O)O. The number of hydrogen-bond acceptors (Lipinski definition) is 3. The molecule has 0 radical (unpaired) electrons. The first-order chi connectivity index (χ1) is 4.46. The molecule has 0 spiro atoms. The molecular weight excluding hydrogens is 172 g/mol. The Kier molecular flexibility index (Phi) is 3.46. The Balaban J connectivity index is 4.22. The number of carboxylic acids is 1. The van der Waals surface area contributed by atoms with Crippen LogP contribution in [0.1, 0.15) is 6.92 Å². The summed E-state index contributed by atoms with van der Waals surface area (Å²) in [5, 5.41) is 8.10. The predicted molar refractivity (Wildman–Crippen MR) is 27.1 cm³/mol. The first kappa shape index (κ1) is 9.52. The summed E-state index contributed by atoms with van der Waals surface area (Å²) in [6.07, 6.45) is 0. The van der Waals surface area contributed by atoms with Gasteiger partial charge >= 0.3 is 68.6 Å². The molecule has 0 rings (SSSR count). The van der Waals surface area contributed by atoms with Crippen molar-refractivity contribution in [3.63, 3.8) is 0 Å². The molecule has 0 fully saturated rings. The van der Waals surface area contributed by atoms with Crippen molar-refractivity contribution in [1.29, 1.82) is 0 Å². The molecule has 1 unspecified atom stereocenters. The number of carbonyl (C=O) groups is 3. The zero-order chi connectivity index (χ0) is 8.31. The standard InChI is InChI=1S/C5H5O4.Ti/c1-3(6)2-4(7)5(8)9;/h2H,1H3,(H,8,9);. The molecule has 0 aromatic rings. The van der Waals surface area contributed by atoms with Gasteiger partial charge in [0.05, 0.1) is 0 Å². The van der Waals surface area contributed by atoms with Crippen LogP contribution < -0.4 is 0 Å². The molecule has 0 bridgehead atoms. The van der Waals surface area contributed by atoms with E-state index in [4.69, 9.17) is 5.11 Å². The number of carboxylic acid groups (broad SMARTS) is 1. The van der Waals surface area contributed by atoms with Crippen molar-refractivity contribution in [3.8, 4) is 0 Å². The van der Waals surface area contributed by atoms with Crippen molar-refractivity contribution in [1.82, 2.24) is 0 Å². The summed E-state index contributed by atoms with van der Waals surface area (Å²) in [6.45, 7) is 1.19. The van der Waals surface area contributed by atoms with Crippen LogP contribution in [0.5, 0.6) is 0 Å². The second-order valence-electron chi connectivity index (χ2n) is 1.71. The van der Waals surface area contributed by atoms with Crippen LogP contribution in [0.3, 0.4) is 0 Å². The average molecular weight is 177 g/mol. The van der Waals surface area contributed by atoms with Gasteiger partial charge < -0.3 is 0 Å². The van der Waals surface area contributed by atoms with Crippen LogP contribution >= 0.6 is 0 Å².